The average molecular weight is 315 g/mol. The van der Waals surface area contributed by atoms with Crippen LogP contribution in [0.2, 0.25) is 4.34 Å². The molecule has 20 heavy (non-hydrogen) atoms. The Morgan fingerprint density at radius 2 is 2.00 bits per heavy atom. The van der Waals surface area contributed by atoms with E-state index in [0.29, 0.717) is 6.04 Å². The molecule has 1 N–H and O–H groups in total. The Bertz CT molecular complexity index is 410. The summed E-state index contributed by atoms with van der Waals surface area (Å²) >= 11 is 7.91. The van der Waals surface area contributed by atoms with Gasteiger partial charge in [0.15, 0.2) is 0 Å². The van der Waals surface area contributed by atoms with Crippen LogP contribution in [0.25, 0.3) is 0 Å². The molecule has 1 atom stereocenters. The lowest BCUT2D eigenvalue weighted by Crippen LogP contribution is -2.54. The van der Waals surface area contributed by atoms with Crippen molar-refractivity contribution in [3.8, 4) is 0 Å². The predicted molar refractivity (Wildman–Crippen MR) is 89.9 cm³/mol. The number of nitrogens with zero attached hydrogens (tertiary/aromatic N) is 1. The Balaban J connectivity index is 2.31. The monoisotopic (exact) mass is 314 g/mol. The molecule has 4 heteroatoms. The maximum Gasteiger partial charge on any atom is 0.0931 e. The third-order valence-electron chi connectivity index (χ3n) is 4.62. The van der Waals surface area contributed by atoms with Gasteiger partial charge in [-0.15, -0.1) is 11.3 Å². The lowest BCUT2D eigenvalue weighted by atomic mass is 9.74. The largest absolute Gasteiger partial charge is 0.308 e. The lowest BCUT2D eigenvalue weighted by molar-refractivity contribution is 0.0577. The van der Waals surface area contributed by atoms with E-state index in [2.05, 4.69) is 37.3 Å². The number of thiophene rings is 1. The summed E-state index contributed by atoms with van der Waals surface area (Å²) < 4.78 is 0.896. The first-order valence-electron chi connectivity index (χ1n) is 7.76. The minimum atomic E-state index is 0.238. The molecule has 1 aromatic rings. The van der Waals surface area contributed by atoms with Crippen molar-refractivity contribution in [2.45, 2.75) is 57.0 Å². The van der Waals surface area contributed by atoms with Crippen LogP contribution in [0.15, 0.2) is 12.1 Å². The quantitative estimate of drug-likeness (QED) is 0.818. The van der Waals surface area contributed by atoms with Gasteiger partial charge in [-0.2, -0.15) is 0 Å². The van der Waals surface area contributed by atoms with Crippen LogP contribution in [0.3, 0.4) is 0 Å². The Hall–Kier alpha value is -0.0900. The molecule has 1 unspecified atom stereocenters. The highest BCUT2D eigenvalue weighted by molar-refractivity contribution is 7.16. The normalized spacial score (nSPS) is 20.2. The second-order valence-electron chi connectivity index (χ2n) is 6.09. The first-order valence-corrected chi connectivity index (χ1v) is 8.95. The molecule has 114 valence electrons. The molecule has 1 heterocycles. The van der Waals surface area contributed by atoms with Crippen LogP contribution in [0, 0.1) is 0 Å². The Labute approximate surface area is 132 Å². The van der Waals surface area contributed by atoms with Crippen molar-refractivity contribution in [3.63, 3.8) is 0 Å². The highest BCUT2D eigenvalue weighted by Crippen LogP contribution is 2.44. The number of halogens is 1. The summed E-state index contributed by atoms with van der Waals surface area (Å²) in [6.45, 7) is 3.30. The molecule has 1 saturated carbocycles. The molecule has 1 aromatic heterocycles. The van der Waals surface area contributed by atoms with Crippen molar-refractivity contribution in [3.05, 3.63) is 21.3 Å². The standard InChI is InChI=1S/C16H27ClN2S/c1-4-12-18-15(13-8-9-14(17)20-13)16(19(2)3)10-6-5-7-11-16/h8-9,15,18H,4-7,10-12H2,1-3H3. The van der Waals surface area contributed by atoms with E-state index < -0.39 is 0 Å². The first-order chi connectivity index (χ1) is 9.60. The molecular weight excluding hydrogens is 288 g/mol. The van der Waals surface area contributed by atoms with Crippen molar-refractivity contribution in [2.75, 3.05) is 20.6 Å². The molecule has 0 aromatic carbocycles. The van der Waals surface area contributed by atoms with Gasteiger partial charge in [0.25, 0.3) is 0 Å². The molecule has 0 spiro atoms. The van der Waals surface area contributed by atoms with Gasteiger partial charge >= 0.3 is 0 Å². The molecule has 2 nitrogen and oxygen atoms in total. The fourth-order valence-corrected chi connectivity index (χ4v) is 4.73. The van der Waals surface area contributed by atoms with Crippen molar-refractivity contribution in [2.24, 2.45) is 0 Å². The van der Waals surface area contributed by atoms with Crippen LogP contribution < -0.4 is 5.32 Å². The fourth-order valence-electron chi connectivity index (χ4n) is 3.49. The summed E-state index contributed by atoms with van der Waals surface area (Å²) in [5.41, 5.74) is 0.238. The SMILES string of the molecule is CCCNC(c1ccc(Cl)s1)C1(N(C)C)CCCCC1. The second-order valence-corrected chi connectivity index (χ2v) is 7.83. The van der Waals surface area contributed by atoms with E-state index in [0.717, 1.165) is 10.9 Å². The Morgan fingerprint density at radius 3 is 2.50 bits per heavy atom. The molecule has 0 bridgehead atoms. The van der Waals surface area contributed by atoms with Gasteiger partial charge in [-0.25, -0.2) is 0 Å². The minimum absolute atomic E-state index is 0.238. The number of rotatable bonds is 6. The van der Waals surface area contributed by atoms with E-state index in [1.165, 1.54) is 43.4 Å². The highest BCUT2D eigenvalue weighted by atomic mass is 35.5. The van der Waals surface area contributed by atoms with Crippen LogP contribution in [-0.4, -0.2) is 31.1 Å². The Kier molecular flexibility index (Phi) is 5.91. The van der Waals surface area contributed by atoms with Gasteiger partial charge in [-0.3, -0.25) is 0 Å². The fraction of sp³-hybridized carbons (Fsp3) is 0.750. The average Bonchev–Trinajstić information content (AvgIpc) is 2.86. The maximum atomic E-state index is 6.18. The van der Waals surface area contributed by atoms with Crippen LogP contribution in [0.5, 0.6) is 0 Å². The zero-order valence-electron chi connectivity index (χ0n) is 12.9. The van der Waals surface area contributed by atoms with Crippen molar-refractivity contribution in [1.82, 2.24) is 10.2 Å². The molecule has 1 aliphatic carbocycles. The smallest absolute Gasteiger partial charge is 0.0931 e. The zero-order valence-corrected chi connectivity index (χ0v) is 14.5. The highest BCUT2D eigenvalue weighted by Gasteiger charge is 2.42. The van der Waals surface area contributed by atoms with Crippen molar-refractivity contribution < 1.29 is 0 Å². The van der Waals surface area contributed by atoms with Gasteiger partial charge in [-0.1, -0.05) is 37.8 Å². The summed E-state index contributed by atoms with van der Waals surface area (Å²) in [6, 6.07) is 4.64. The van der Waals surface area contributed by atoms with E-state index >= 15 is 0 Å². The number of nitrogens with one attached hydrogen (secondary N) is 1. The summed E-state index contributed by atoms with van der Waals surface area (Å²) in [5, 5.41) is 3.80. The second kappa shape index (κ2) is 7.26. The number of hydrogen-bond acceptors (Lipinski definition) is 3. The van der Waals surface area contributed by atoms with Gasteiger partial charge in [0, 0.05) is 10.4 Å². The lowest BCUT2D eigenvalue weighted by Gasteiger charge is -2.48. The molecule has 1 aliphatic rings. The molecule has 0 saturated heterocycles. The van der Waals surface area contributed by atoms with Gasteiger partial charge in [0.05, 0.1) is 10.4 Å². The van der Waals surface area contributed by atoms with E-state index in [9.17, 15) is 0 Å². The van der Waals surface area contributed by atoms with E-state index in [1.807, 2.05) is 6.07 Å². The summed E-state index contributed by atoms with van der Waals surface area (Å²) in [5.74, 6) is 0. The number of hydrogen-bond donors (Lipinski definition) is 1. The zero-order chi connectivity index (χ0) is 14.6. The van der Waals surface area contributed by atoms with Crippen LogP contribution in [0.1, 0.15) is 56.4 Å². The molecule has 1 fully saturated rings. The molecule has 2 rings (SSSR count). The summed E-state index contributed by atoms with van der Waals surface area (Å²) in [6.07, 6.45) is 7.76. The molecular formula is C16H27ClN2S. The molecule has 0 radical (unpaired) electrons. The van der Waals surface area contributed by atoms with E-state index in [1.54, 1.807) is 11.3 Å². The van der Waals surface area contributed by atoms with Gasteiger partial charge in [0.1, 0.15) is 0 Å². The van der Waals surface area contributed by atoms with Crippen LogP contribution >= 0.6 is 22.9 Å². The predicted octanol–water partition coefficient (Wildman–Crippen LogP) is 4.71. The van der Waals surface area contributed by atoms with Crippen LogP contribution in [-0.2, 0) is 0 Å². The Morgan fingerprint density at radius 1 is 1.30 bits per heavy atom. The third kappa shape index (κ3) is 3.38. The van der Waals surface area contributed by atoms with Gasteiger partial charge in [-0.05, 0) is 52.0 Å². The molecule has 0 aliphatic heterocycles. The van der Waals surface area contributed by atoms with E-state index in [-0.39, 0.29) is 5.54 Å². The van der Waals surface area contributed by atoms with Crippen molar-refractivity contribution in [1.29, 1.82) is 0 Å². The van der Waals surface area contributed by atoms with Gasteiger partial charge < -0.3 is 10.2 Å². The summed E-state index contributed by atoms with van der Waals surface area (Å²) in [7, 11) is 4.47. The first kappa shape index (κ1) is 16.3. The van der Waals surface area contributed by atoms with Crippen molar-refractivity contribution >= 4 is 22.9 Å². The maximum absolute atomic E-state index is 6.18. The molecule has 0 amide bonds. The third-order valence-corrected chi connectivity index (χ3v) is 5.92. The van der Waals surface area contributed by atoms with E-state index in [4.69, 9.17) is 11.6 Å². The van der Waals surface area contributed by atoms with Crippen LogP contribution in [0.4, 0.5) is 0 Å². The number of likely N-dealkylation sites (N-methyl/N-ethyl adjacent to an activating group) is 1. The van der Waals surface area contributed by atoms with Gasteiger partial charge in [0.2, 0.25) is 0 Å². The summed E-state index contributed by atoms with van der Waals surface area (Å²) in [4.78, 5) is 3.84. The minimum Gasteiger partial charge on any atom is -0.308 e. The topological polar surface area (TPSA) is 15.3 Å².